The molecular weight excluding hydrogens is 459 g/mol. The van der Waals surface area contributed by atoms with Gasteiger partial charge in [0.1, 0.15) is 5.52 Å². The largest absolute Gasteiger partial charge is 0.337 e. The van der Waals surface area contributed by atoms with E-state index < -0.39 is 0 Å². The predicted octanol–water partition coefficient (Wildman–Crippen LogP) is 6.03. The topological polar surface area (TPSA) is 51.0 Å². The summed E-state index contributed by atoms with van der Waals surface area (Å²) < 4.78 is 2.98. The van der Waals surface area contributed by atoms with Crippen LogP contribution in [0.5, 0.6) is 0 Å². The van der Waals surface area contributed by atoms with E-state index in [0.29, 0.717) is 22.3 Å². The Hall–Kier alpha value is -2.06. The zero-order valence-corrected chi connectivity index (χ0v) is 19.4. The molecule has 0 fully saturated rings. The number of aryl methyl sites for hydroxylation is 1. The normalized spacial score (nSPS) is 10.7. The van der Waals surface area contributed by atoms with Gasteiger partial charge in [0, 0.05) is 35.9 Å². The molecule has 9 heteroatoms. The maximum atomic E-state index is 13.4. The SMILES string of the molecule is CSc1cccc(C(=O)N(CCCn2ccnc2)c2nc3c(Cl)cccc3s2)c1.Cl. The van der Waals surface area contributed by atoms with Crippen molar-refractivity contribution in [1.82, 2.24) is 14.5 Å². The van der Waals surface area contributed by atoms with Crippen molar-refractivity contribution in [2.24, 2.45) is 0 Å². The summed E-state index contributed by atoms with van der Waals surface area (Å²) in [5.74, 6) is -0.0540. The Labute approximate surface area is 194 Å². The van der Waals surface area contributed by atoms with Gasteiger partial charge < -0.3 is 4.57 Å². The van der Waals surface area contributed by atoms with Crippen molar-refractivity contribution in [2.45, 2.75) is 17.9 Å². The summed E-state index contributed by atoms with van der Waals surface area (Å²) in [7, 11) is 0. The number of aromatic nitrogens is 3. The van der Waals surface area contributed by atoms with Gasteiger partial charge in [-0.05, 0) is 43.0 Å². The lowest BCUT2D eigenvalue weighted by Crippen LogP contribution is -2.32. The number of thiazole rings is 1. The molecule has 0 spiro atoms. The lowest BCUT2D eigenvalue weighted by molar-refractivity contribution is 0.0986. The van der Waals surface area contributed by atoms with Crippen molar-refractivity contribution >= 4 is 68.4 Å². The number of para-hydroxylation sites is 1. The van der Waals surface area contributed by atoms with Gasteiger partial charge >= 0.3 is 0 Å². The van der Waals surface area contributed by atoms with Crippen molar-refractivity contribution in [3.05, 3.63) is 71.8 Å². The number of benzene rings is 2. The standard InChI is InChI=1S/C21H19ClN4OS2.ClH/c1-28-16-6-2-5-15(13-16)20(27)26(11-4-10-25-12-9-23-14-25)21-24-19-17(22)7-3-8-18(19)29-21;/h2-3,5-9,12-14H,4,10-11H2,1H3;1H. The average Bonchev–Trinajstić information content (AvgIpc) is 3.41. The first-order valence-electron chi connectivity index (χ1n) is 9.12. The van der Waals surface area contributed by atoms with E-state index in [4.69, 9.17) is 11.6 Å². The second-order valence-corrected chi connectivity index (χ2v) is 8.72. The first-order chi connectivity index (χ1) is 14.2. The fourth-order valence-corrected chi connectivity index (χ4v) is 4.79. The van der Waals surface area contributed by atoms with Gasteiger partial charge in [0.05, 0.1) is 16.0 Å². The van der Waals surface area contributed by atoms with Gasteiger partial charge in [-0.15, -0.1) is 24.2 Å². The summed E-state index contributed by atoms with van der Waals surface area (Å²) in [6.45, 7) is 1.33. The Morgan fingerprint density at radius 2 is 2.10 bits per heavy atom. The van der Waals surface area contributed by atoms with Crippen LogP contribution >= 0.6 is 47.1 Å². The van der Waals surface area contributed by atoms with Crippen molar-refractivity contribution in [3.8, 4) is 0 Å². The maximum absolute atomic E-state index is 13.4. The third-order valence-electron chi connectivity index (χ3n) is 4.51. The molecule has 0 aliphatic heterocycles. The van der Waals surface area contributed by atoms with E-state index >= 15 is 0 Å². The Balaban J connectivity index is 0.00000256. The summed E-state index contributed by atoms with van der Waals surface area (Å²) >= 11 is 9.41. The average molecular weight is 479 g/mol. The number of fused-ring (bicyclic) bond motifs is 1. The maximum Gasteiger partial charge on any atom is 0.260 e. The zero-order chi connectivity index (χ0) is 20.2. The van der Waals surface area contributed by atoms with Gasteiger partial charge in [0.25, 0.3) is 5.91 Å². The zero-order valence-electron chi connectivity index (χ0n) is 16.2. The summed E-state index contributed by atoms with van der Waals surface area (Å²) in [4.78, 5) is 25.0. The molecule has 2 aromatic carbocycles. The molecule has 4 aromatic rings. The molecule has 0 aliphatic carbocycles. The van der Waals surface area contributed by atoms with Crippen LogP contribution in [0.1, 0.15) is 16.8 Å². The highest BCUT2D eigenvalue weighted by Gasteiger charge is 2.22. The Morgan fingerprint density at radius 1 is 1.27 bits per heavy atom. The van der Waals surface area contributed by atoms with Crippen molar-refractivity contribution < 1.29 is 4.79 Å². The van der Waals surface area contributed by atoms with Gasteiger partial charge in [0.15, 0.2) is 5.13 Å². The minimum absolute atomic E-state index is 0. The second-order valence-electron chi connectivity index (χ2n) is 6.43. The number of carbonyl (C=O) groups is 1. The third kappa shape index (κ3) is 4.98. The van der Waals surface area contributed by atoms with Crippen LogP contribution in [-0.4, -0.2) is 33.2 Å². The molecule has 0 unspecified atom stereocenters. The molecular formula is C21H20Cl2N4OS2. The smallest absolute Gasteiger partial charge is 0.260 e. The van der Waals surface area contributed by atoms with E-state index in [1.807, 2.05) is 59.5 Å². The number of anilines is 1. The summed E-state index contributed by atoms with van der Waals surface area (Å²) in [5.41, 5.74) is 1.39. The fraction of sp³-hybridized carbons (Fsp3) is 0.190. The van der Waals surface area contributed by atoms with Crippen molar-refractivity contribution in [2.75, 3.05) is 17.7 Å². The Morgan fingerprint density at radius 3 is 2.83 bits per heavy atom. The molecule has 156 valence electrons. The Bertz CT molecular complexity index is 1130. The summed E-state index contributed by atoms with van der Waals surface area (Å²) in [6, 6.07) is 13.4. The van der Waals surface area contributed by atoms with Gasteiger partial charge in [0.2, 0.25) is 0 Å². The third-order valence-corrected chi connectivity index (χ3v) is 6.58. The number of nitrogens with zero attached hydrogens (tertiary/aromatic N) is 4. The molecule has 1 amide bonds. The molecule has 0 saturated carbocycles. The second kappa shape index (κ2) is 10.3. The number of imidazole rings is 1. The monoisotopic (exact) mass is 478 g/mol. The first kappa shape index (κ1) is 22.6. The first-order valence-corrected chi connectivity index (χ1v) is 11.5. The van der Waals surface area contributed by atoms with Gasteiger partial charge in [-0.3, -0.25) is 9.69 Å². The summed E-state index contributed by atoms with van der Waals surface area (Å²) in [5, 5.41) is 1.26. The number of hydrogen-bond acceptors (Lipinski definition) is 5. The molecule has 0 saturated heterocycles. The number of amides is 1. The highest BCUT2D eigenvalue weighted by molar-refractivity contribution is 7.98. The van der Waals surface area contributed by atoms with Crippen LogP contribution in [-0.2, 0) is 6.54 Å². The molecule has 4 rings (SSSR count). The molecule has 5 nitrogen and oxygen atoms in total. The van der Waals surface area contributed by atoms with Crippen molar-refractivity contribution in [3.63, 3.8) is 0 Å². The van der Waals surface area contributed by atoms with Crippen LogP contribution in [0.3, 0.4) is 0 Å². The lowest BCUT2D eigenvalue weighted by atomic mass is 10.2. The molecule has 0 aliphatic rings. The van der Waals surface area contributed by atoms with E-state index in [1.165, 1.54) is 11.3 Å². The number of hydrogen-bond donors (Lipinski definition) is 0. The van der Waals surface area contributed by atoms with E-state index in [9.17, 15) is 4.79 Å². The van der Waals surface area contributed by atoms with Crippen LogP contribution in [0.15, 0.2) is 66.1 Å². The van der Waals surface area contributed by atoms with E-state index in [-0.39, 0.29) is 18.3 Å². The van der Waals surface area contributed by atoms with Crippen LogP contribution in [0, 0.1) is 0 Å². The highest BCUT2D eigenvalue weighted by Crippen LogP contribution is 2.33. The van der Waals surface area contributed by atoms with E-state index in [2.05, 4.69) is 9.97 Å². The fourth-order valence-electron chi connectivity index (χ4n) is 3.05. The lowest BCUT2D eigenvalue weighted by Gasteiger charge is -2.20. The van der Waals surface area contributed by atoms with Gasteiger partial charge in [-0.2, -0.15) is 0 Å². The van der Waals surface area contributed by atoms with Crippen LogP contribution in [0.4, 0.5) is 5.13 Å². The minimum Gasteiger partial charge on any atom is -0.337 e. The predicted molar refractivity (Wildman–Crippen MR) is 129 cm³/mol. The molecule has 2 aromatic heterocycles. The molecule has 0 radical (unpaired) electrons. The van der Waals surface area contributed by atoms with Crippen LogP contribution < -0.4 is 4.90 Å². The Kier molecular flexibility index (Phi) is 7.77. The van der Waals surface area contributed by atoms with Crippen molar-refractivity contribution in [1.29, 1.82) is 0 Å². The number of halogens is 2. The number of carbonyl (C=O) groups excluding carboxylic acids is 1. The number of thioether (sulfide) groups is 1. The van der Waals surface area contributed by atoms with E-state index in [0.717, 1.165) is 28.1 Å². The quantitative estimate of drug-likeness (QED) is 0.304. The van der Waals surface area contributed by atoms with Gasteiger partial charge in [-0.1, -0.05) is 35.1 Å². The molecule has 0 N–H and O–H groups in total. The number of rotatable bonds is 7. The van der Waals surface area contributed by atoms with Crippen LogP contribution in [0.2, 0.25) is 5.02 Å². The minimum atomic E-state index is -0.0540. The summed E-state index contributed by atoms with van der Waals surface area (Å²) in [6.07, 6.45) is 8.25. The molecule has 0 bridgehead atoms. The van der Waals surface area contributed by atoms with Crippen LogP contribution in [0.25, 0.3) is 10.2 Å². The highest BCUT2D eigenvalue weighted by atomic mass is 35.5. The van der Waals surface area contributed by atoms with Gasteiger partial charge in [-0.25, -0.2) is 9.97 Å². The molecule has 0 atom stereocenters. The van der Waals surface area contributed by atoms with E-state index in [1.54, 1.807) is 29.2 Å². The molecule has 2 heterocycles. The molecule has 30 heavy (non-hydrogen) atoms.